The van der Waals surface area contributed by atoms with Crippen LogP contribution in [0.5, 0.6) is 0 Å². The summed E-state index contributed by atoms with van der Waals surface area (Å²) in [7, 11) is 4.13. The molecule has 0 bridgehead atoms. The predicted octanol–water partition coefficient (Wildman–Crippen LogP) is 1.80. The highest BCUT2D eigenvalue weighted by molar-refractivity contribution is 7.99. The summed E-state index contributed by atoms with van der Waals surface area (Å²) in [6.45, 7) is 1.47. The summed E-state index contributed by atoms with van der Waals surface area (Å²) in [6.07, 6.45) is 0.831. The molecular formula is C21H24FN4O2S+. The van der Waals surface area contributed by atoms with Crippen molar-refractivity contribution in [2.45, 2.75) is 18.1 Å². The van der Waals surface area contributed by atoms with Gasteiger partial charge in [-0.2, -0.15) is 0 Å². The Morgan fingerprint density at radius 3 is 2.62 bits per heavy atom. The van der Waals surface area contributed by atoms with Gasteiger partial charge in [-0.05, 0) is 36.4 Å². The minimum atomic E-state index is -0.360. The molecule has 0 aliphatic rings. The molecule has 29 heavy (non-hydrogen) atoms. The van der Waals surface area contributed by atoms with Crippen LogP contribution in [0, 0.1) is 5.82 Å². The first kappa shape index (κ1) is 21.0. The largest absolute Gasteiger partial charge is 0.340 e. The molecule has 0 saturated heterocycles. The van der Waals surface area contributed by atoms with Crippen molar-refractivity contribution in [1.82, 2.24) is 9.55 Å². The van der Waals surface area contributed by atoms with Crippen LogP contribution in [0.2, 0.25) is 0 Å². The summed E-state index contributed by atoms with van der Waals surface area (Å²) < 4.78 is 14.7. The van der Waals surface area contributed by atoms with E-state index in [0.717, 1.165) is 13.0 Å². The van der Waals surface area contributed by atoms with Crippen LogP contribution in [-0.2, 0) is 11.3 Å². The second kappa shape index (κ2) is 9.67. The van der Waals surface area contributed by atoms with E-state index in [4.69, 9.17) is 0 Å². The van der Waals surface area contributed by atoms with Gasteiger partial charge in [0.1, 0.15) is 5.82 Å². The molecule has 152 valence electrons. The summed E-state index contributed by atoms with van der Waals surface area (Å²) in [5, 5.41) is 3.82. The summed E-state index contributed by atoms with van der Waals surface area (Å²) in [5.74, 6) is -0.504. The number of nitrogens with zero attached hydrogens (tertiary/aromatic N) is 2. The van der Waals surface area contributed by atoms with Crippen LogP contribution in [0.1, 0.15) is 6.42 Å². The van der Waals surface area contributed by atoms with E-state index >= 15 is 0 Å². The number of quaternary nitrogens is 1. The maximum atomic E-state index is 13.0. The van der Waals surface area contributed by atoms with Crippen LogP contribution in [0.25, 0.3) is 10.9 Å². The molecule has 0 spiro atoms. The number of amides is 1. The number of nitrogens with one attached hydrogen (secondary N) is 2. The molecule has 3 aromatic rings. The molecule has 1 aromatic heterocycles. The second-order valence-corrected chi connectivity index (χ2v) is 7.97. The molecular weight excluding hydrogens is 391 g/mol. The first-order chi connectivity index (χ1) is 13.9. The van der Waals surface area contributed by atoms with Crippen LogP contribution in [0.3, 0.4) is 0 Å². The van der Waals surface area contributed by atoms with Crippen LogP contribution in [-0.4, -0.2) is 41.9 Å². The number of carbonyl (C=O) groups is 1. The smallest absolute Gasteiger partial charge is 0.262 e. The number of fused-ring (bicyclic) bond motifs is 1. The highest BCUT2D eigenvalue weighted by atomic mass is 32.2. The molecule has 0 aliphatic carbocycles. The summed E-state index contributed by atoms with van der Waals surface area (Å²) >= 11 is 1.22. The van der Waals surface area contributed by atoms with Gasteiger partial charge in [-0.25, -0.2) is 9.37 Å². The van der Waals surface area contributed by atoms with E-state index in [1.807, 2.05) is 12.1 Å². The molecule has 0 unspecified atom stereocenters. The molecule has 0 radical (unpaired) electrons. The SMILES string of the molecule is C[NH+](C)CCCn1c(SCC(=O)Nc2ccc(F)cc2)nc2ccccc2c1=O. The highest BCUT2D eigenvalue weighted by Crippen LogP contribution is 2.19. The number of hydrogen-bond donors (Lipinski definition) is 2. The van der Waals surface area contributed by atoms with Crippen LogP contribution in [0.15, 0.2) is 58.5 Å². The van der Waals surface area contributed by atoms with E-state index in [-0.39, 0.29) is 23.0 Å². The second-order valence-electron chi connectivity index (χ2n) is 7.02. The monoisotopic (exact) mass is 415 g/mol. The third kappa shape index (κ3) is 5.65. The third-order valence-electron chi connectivity index (χ3n) is 4.35. The number of rotatable bonds is 8. The van der Waals surface area contributed by atoms with E-state index in [2.05, 4.69) is 24.4 Å². The van der Waals surface area contributed by atoms with E-state index < -0.39 is 0 Å². The summed E-state index contributed by atoms with van der Waals surface area (Å²) in [6, 6.07) is 12.8. The lowest BCUT2D eigenvalue weighted by atomic mass is 10.2. The van der Waals surface area contributed by atoms with Crippen molar-refractivity contribution in [3.8, 4) is 0 Å². The van der Waals surface area contributed by atoms with Crippen LogP contribution < -0.4 is 15.8 Å². The molecule has 0 aliphatic heterocycles. The lowest BCUT2D eigenvalue weighted by molar-refractivity contribution is -0.858. The number of anilines is 1. The first-order valence-electron chi connectivity index (χ1n) is 9.41. The van der Waals surface area contributed by atoms with Gasteiger partial charge in [0.05, 0.1) is 37.3 Å². The molecule has 1 amide bonds. The van der Waals surface area contributed by atoms with Gasteiger partial charge in [0.2, 0.25) is 5.91 Å². The standard InChI is InChI=1S/C21H23FN4O2S/c1-25(2)12-5-13-26-20(28)17-6-3-4-7-18(17)24-21(26)29-14-19(27)23-16-10-8-15(22)9-11-16/h3-4,6-11H,5,12-14H2,1-2H3,(H,23,27)/p+1. The van der Waals surface area contributed by atoms with Crippen molar-refractivity contribution in [3.05, 3.63) is 64.7 Å². The number of halogens is 1. The van der Waals surface area contributed by atoms with Gasteiger partial charge in [-0.1, -0.05) is 23.9 Å². The number of hydrogen-bond acceptors (Lipinski definition) is 4. The zero-order valence-electron chi connectivity index (χ0n) is 16.4. The predicted molar refractivity (Wildman–Crippen MR) is 114 cm³/mol. The highest BCUT2D eigenvalue weighted by Gasteiger charge is 2.13. The lowest BCUT2D eigenvalue weighted by Gasteiger charge is -2.14. The van der Waals surface area contributed by atoms with Crippen molar-refractivity contribution in [1.29, 1.82) is 0 Å². The number of thioether (sulfide) groups is 1. The quantitative estimate of drug-likeness (QED) is 0.435. The molecule has 2 N–H and O–H groups in total. The molecule has 0 atom stereocenters. The topological polar surface area (TPSA) is 68.4 Å². The number of aromatic nitrogens is 2. The Balaban J connectivity index is 1.78. The molecule has 2 aromatic carbocycles. The Morgan fingerprint density at radius 2 is 1.90 bits per heavy atom. The van der Waals surface area contributed by atoms with Crippen LogP contribution >= 0.6 is 11.8 Å². The Bertz CT molecular complexity index is 1050. The van der Waals surface area contributed by atoms with E-state index in [9.17, 15) is 14.0 Å². The fourth-order valence-electron chi connectivity index (χ4n) is 2.91. The Hall–Kier alpha value is -2.71. The number of para-hydroxylation sites is 1. The van der Waals surface area contributed by atoms with Crippen molar-refractivity contribution in [2.75, 3.05) is 31.7 Å². The maximum absolute atomic E-state index is 13.0. The van der Waals surface area contributed by atoms with Gasteiger partial charge in [-0.3, -0.25) is 14.2 Å². The fourth-order valence-corrected chi connectivity index (χ4v) is 3.73. The summed E-state index contributed by atoms with van der Waals surface area (Å²) in [5.41, 5.74) is 1.05. The van der Waals surface area contributed by atoms with Gasteiger partial charge in [-0.15, -0.1) is 0 Å². The molecule has 8 heteroatoms. The number of benzene rings is 2. The molecule has 6 nitrogen and oxygen atoms in total. The van der Waals surface area contributed by atoms with Crippen LogP contribution in [0.4, 0.5) is 10.1 Å². The van der Waals surface area contributed by atoms with Gasteiger partial charge < -0.3 is 10.2 Å². The lowest BCUT2D eigenvalue weighted by Crippen LogP contribution is -3.05. The molecule has 0 saturated carbocycles. The minimum Gasteiger partial charge on any atom is -0.340 e. The molecule has 0 fully saturated rings. The Labute approximate surface area is 172 Å². The number of carbonyl (C=O) groups excluding carboxylic acids is 1. The van der Waals surface area contributed by atoms with Crippen molar-refractivity contribution in [2.24, 2.45) is 0 Å². The van der Waals surface area contributed by atoms with Crippen molar-refractivity contribution in [3.63, 3.8) is 0 Å². The maximum Gasteiger partial charge on any atom is 0.262 e. The zero-order chi connectivity index (χ0) is 20.8. The average Bonchev–Trinajstić information content (AvgIpc) is 2.70. The zero-order valence-corrected chi connectivity index (χ0v) is 17.3. The van der Waals surface area contributed by atoms with Crippen molar-refractivity contribution < 1.29 is 14.1 Å². The van der Waals surface area contributed by atoms with Gasteiger partial charge in [0.15, 0.2) is 5.16 Å². The van der Waals surface area contributed by atoms with Gasteiger partial charge in [0, 0.05) is 18.7 Å². The Kier molecular flexibility index (Phi) is 7.00. The third-order valence-corrected chi connectivity index (χ3v) is 5.32. The van der Waals surface area contributed by atoms with E-state index in [1.54, 1.807) is 16.7 Å². The minimum absolute atomic E-state index is 0.0919. The molecule has 1 heterocycles. The van der Waals surface area contributed by atoms with Gasteiger partial charge in [0.25, 0.3) is 5.56 Å². The van der Waals surface area contributed by atoms with E-state index in [1.165, 1.54) is 40.9 Å². The van der Waals surface area contributed by atoms with E-state index in [0.29, 0.717) is 28.3 Å². The Morgan fingerprint density at radius 1 is 1.17 bits per heavy atom. The molecule has 3 rings (SSSR count). The van der Waals surface area contributed by atoms with Gasteiger partial charge >= 0.3 is 0 Å². The first-order valence-corrected chi connectivity index (χ1v) is 10.4. The average molecular weight is 416 g/mol. The fraction of sp³-hybridized carbons (Fsp3) is 0.286. The summed E-state index contributed by atoms with van der Waals surface area (Å²) in [4.78, 5) is 31.2. The normalized spacial score (nSPS) is 11.2. The van der Waals surface area contributed by atoms with Crippen molar-refractivity contribution >= 4 is 34.3 Å².